The minimum Gasteiger partial charge on any atom is -0.0984 e. The van der Waals surface area contributed by atoms with Crippen molar-refractivity contribution in [3.8, 4) is 0 Å². The molecule has 0 bridgehead atoms. The average Bonchev–Trinajstić information content (AvgIpc) is 2.82. The van der Waals surface area contributed by atoms with E-state index < -0.39 is 0 Å². The summed E-state index contributed by atoms with van der Waals surface area (Å²) in [5.74, 6) is 0. The molecule has 0 aliphatic heterocycles. The van der Waals surface area contributed by atoms with Gasteiger partial charge >= 0.3 is 0 Å². The van der Waals surface area contributed by atoms with Crippen molar-refractivity contribution in [3.05, 3.63) is 70.4 Å². The Bertz CT molecular complexity index is 502. The molecule has 3 rings (SSSR count). The van der Waals surface area contributed by atoms with Gasteiger partial charge in [0.15, 0.2) is 0 Å². The summed E-state index contributed by atoms with van der Waals surface area (Å²) in [6, 6.07) is 0. The van der Waals surface area contributed by atoms with Crippen LogP contribution in [-0.2, 0) is 0 Å². The van der Waals surface area contributed by atoms with Gasteiger partial charge in [-0.2, -0.15) is 0 Å². The molecular weight excluding hydrogens is 180 g/mol. The summed E-state index contributed by atoms with van der Waals surface area (Å²) in [4.78, 5) is 0. The van der Waals surface area contributed by atoms with Crippen LogP contribution in [0.1, 0.15) is 19.8 Å². The molecule has 0 atom stereocenters. The Morgan fingerprint density at radius 3 is 3.00 bits per heavy atom. The number of allylic oxidation sites excluding steroid dienone is 11. The Morgan fingerprint density at radius 1 is 1.40 bits per heavy atom. The van der Waals surface area contributed by atoms with Crippen LogP contribution < -0.4 is 0 Å². The number of hydrogen-bond acceptors (Lipinski definition) is 0. The second-order valence-corrected chi connectivity index (χ2v) is 4.12. The van der Waals surface area contributed by atoms with Gasteiger partial charge in [0.2, 0.25) is 0 Å². The minimum atomic E-state index is 1.08. The van der Waals surface area contributed by atoms with Gasteiger partial charge in [-0.25, -0.2) is 0 Å². The van der Waals surface area contributed by atoms with Gasteiger partial charge in [-0.05, 0) is 46.3 Å². The molecule has 0 nitrogen and oxygen atoms in total. The third-order valence-electron chi connectivity index (χ3n) is 3.43. The maximum atomic E-state index is 3.94. The third-order valence-corrected chi connectivity index (χ3v) is 3.43. The van der Waals surface area contributed by atoms with E-state index in [1.807, 2.05) is 6.08 Å². The third kappa shape index (κ3) is 0.967. The molecule has 0 aromatic heterocycles. The Kier molecular flexibility index (Phi) is 1.72. The van der Waals surface area contributed by atoms with E-state index in [4.69, 9.17) is 0 Å². The van der Waals surface area contributed by atoms with Crippen LogP contribution in [0, 0.1) is 0 Å². The van der Waals surface area contributed by atoms with Gasteiger partial charge in [0, 0.05) is 0 Å². The predicted molar refractivity (Wildman–Crippen MR) is 64.5 cm³/mol. The van der Waals surface area contributed by atoms with Gasteiger partial charge in [-0.3, -0.25) is 0 Å². The lowest BCUT2D eigenvalue weighted by Crippen LogP contribution is -1.93. The van der Waals surface area contributed by atoms with Crippen molar-refractivity contribution in [2.75, 3.05) is 0 Å². The maximum absolute atomic E-state index is 3.94. The zero-order chi connectivity index (χ0) is 10.4. The fourth-order valence-corrected chi connectivity index (χ4v) is 2.80. The second-order valence-electron chi connectivity index (χ2n) is 4.12. The van der Waals surface area contributed by atoms with Crippen LogP contribution in [-0.4, -0.2) is 0 Å². The lowest BCUT2D eigenvalue weighted by atomic mass is 9.92. The normalized spacial score (nSPS) is 21.9. The summed E-state index contributed by atoms with van der Waals surface area (Å²) in [5.41, 5.74) is 8.60. The van der Waals surface area contributed by atoms with E-state index in [-0.39, 0.29) is 0 Å². The molecule has 0 unspecified atom stereocenters. The fraction of sp³-hybridized carbons (Fsp3) is 0.200. The van der Waals surface area contributed by atoms with Crippen LogP contribution in [0.4, 0.5) is 0 Å². The first kappa shape index (κ1) is 8.72. The lowest BCUT2D eigenvalue weighted by molar-refractivity contribution is 1.11. The van der Waals surface area contributed by atoms with Crippen LogP contribution in [0.15, 0.2) is 70.4 Å². The first-order valence-corrected chi connectivity index (χ1v) is 5.55. The molecule has 0 saturated heterocycles. The molecule has 3 aliphatic carbocycles. The Labute approximate surface area is 90.7 Å². The van der Waals surface area contributed by atoms with Gasteiger partial charge in [0.25, 0.3) is 0 Å². The fourth-order valence-electron chi connectivity index (χ4n) is 2.80. The molecule has 0 fully saturated rings. The molecule has 0 spiro atoms. The zero-order valence-electron chi connectivity index (χ0n) is 9.01. The van der Waals surface area contributed by atoms with Crippen molar-refractivity contribution in [1.82, 2.24) is 0 Å². The maximum Gasteiger partial charge on any atom is -0.00672 e. The lowest BCUT2D eigenvalue weighted by Gasteiger charge is -2.11. The molecule has 0 N–H and O–H groups in total. The van der Waals surface area contributed by atoms with Crippen molar-refractivity contribution in [2.24, 2.45) is 0 Å². The summed E-state index contributed by atoms with van der Waals surface area (Å²) in [6.45, 7) is 6.16. The molecule has 0 heterocycles. The van der Waals surface area contributed by atoms with Gasteiger partial charge in [-0.15, -0.1) is 0 Å². The van der Waals surface area contributed by atoms with Crippen LogP contribution in [0.5, 0.6) is 0 Å². The first-order chi connectivity index (χ1) is 7.36. The van der Waals surface area contributed by atoms with Gasteiger partial charge < -0.3 is 0 Å². The highest BCUT2D eigenvalue weighted by Crippen LogP contribution is 2.48. The Hall–Kier alpha value is -1.56. The van der Waals surface area contributed by atoms with E-state index in [2.05, 4.69) is 37.8 Å². The monoisotopic (exact) mass is 194 g/mol. The molecule has 0 aromatic rings. The van der Waals surface area contributed by atoms with Crippen molar-refractivity contribution in [2.45, 2.75) is 19.8 Å². The molecule has 0 amide bonds. The van der Waals surface area contributed by atoms with Crippen LogP contribution in [0.3, 0.4) is 0 Å². The quantitative estimate of drug-likeness (QED) is 0.623. The summed E-state index contributed by atoms with van der Waals surface area (Å²) in [6.07, 6.45) is 13.2. The van der Waals surface area contributed by atoms with Crippen molar-refractivity contribution in [1.29, 1.82) is 0 Å². The van der Waals surface area contributed by atoms with Crippen LogP contribution in [0.2, 0.25) is 0 Å². The van der Waals surface area contributed by atoms with Crippen molar-refractivity contribution >= 4 is 0 Å². The Morgan fingerprint density at radius 2 is 2.27 bits per heavy atom. The van der Waals surface area contributed by atoms with E-state index in [9.17, 15) is 0 Å². The highest BCUT2D eigenvalue weighted by molar-refractivity contribution is 5.79. The molecule has 3 aliphatic rings. The SMILES string of the molecule is C=CC1=C(CC)C2=C3C(=CC=C13)CC=C2. The predicted octanol–water partition coefficient (Wildman–Crippen LogP) is 4.02. The summed E-state index contributed by atoms with van der Waals surface area (Å²) in [5, 5.41) is 0. The summed E-state index contributed by atoms with van der Waals surface area (Å²) in [7, 11) is 0. The van der Waals surface area contributed by atoms with Crippen molar-refractivity contribution < 1.29 is 0 Å². The summed E-state index contributed by atoms with van der Waals surface area (Å²) >= 11 is 0. The highest BCUT2D eigenvalue weighted by atomic mass is 14.3. The topological polar surface area (TPSA) is 0 Å². The van der Waals surface area contributed by atoms with Crippen LogP contribution in [0.25, 0.3) is 0 Å². The highest BCUT2D eigenvalue weighted by Gasteiger charge is 2.30. The number of hydrogen-bond donors (Lipinski definition) is 0. The van der Waals surface area contributed by atoms with E-state index in [0.717, 1.165) is 12.8 Å². The van der Waals surface area contributed by atoms with Crippen LogP contribution >= 0.6 is 0 Å². The largest absolute Gasteiger partial charge is 0.0984 e. The molecule has 0 saturated carbocycles. The van der Waals surface area contributed by atoms with Gasteiger partial charge in [0.05, 0.1) is 0 Å². The van der Waals surface area contributed by atoms with Crippen molar-refractivity contribution in [3.63, 3.8) is 0 Å². The van der Waals surface area contributed by atoms with E-state index >= 15 is 0 Å². The van der Waals surface area contributed by atoms with Gasteiger partial charge in [-0.1, -0.05) is 43.9 Å². The standard InChI is InChI=1S/C15H14/c1-3-11-12(4-2)14-9-8-10-6-5-7-13(11)15(10)14/h4-5,7-9H,2-3,6H2,1H3. The van der Waals surface area contributed by atoms with E-state index in [1.54, 1.807) is 0 Å². The zero-order valence-corrected chi connectivity index (χ0v) is 9.01. The molecule has 74 valence electrons. The molecule has 0 radical (unpaired) electrons. The molecule has 15 heavy (non-hydrogen) atoms. The molecular formula is C15H14. The average molecular weight is 194 g/mol. The minimum absolute atomic E-state index is 1.08. The summed E-state index contributed by atoms with van der Waals surface area (Å²) < 4.78 is 0. The second kappa shape index (κ2) is 2.96. The first-order valence-electron chi connectivity index (χ1n) is 5.55. The molecule has 0 heteroatoms. The number of rotatable bonds is 2. The molecule has 0 aromatic carbocycles. The van der Waals surface area contributed by atoms with E-state index in [0.29, 0.717) is 0 Å². The van der Waals surface area contributed by atoms with E-state index in [1.165, 1.54) is 33.4 Å². The van der Waals surface area contributed by atoms with Gasteiger partial charge in [0.1, 0.15) is 0 Å². The Balaban J connectivity index is 2.26. The smallest absolute Gasteiger partial charge is 0.00672 e.